The fourth-order valence-electron chi connectivity index (χ4n) is 1.48. The summed E-state index contributed by atoms with van der Waals surface area (Å²) in [5, 5.41) is 12.1. The second kappa shape index (κ2) is 4.49. The summed E-state index contributed by atoms with van der Waals surface area (Å²) in [5.41, 5.74) is 3.73. The standard InChI is InChI=1S/C12H12N4/c1-9-4-11(3-2-10(9)5-13)15-7-12-6-14-8-16-12/h2-4,6,8,15H,7H2,1H3,(H,14,16). The average Bonchev–Trinajstić information content (AvgIpc) is 2.79. The van der Waals surface area contributed by atoms with E-state index in [-0.39, 0.29) is 0 Å². The highest BCUT2D eigenvalue weighted by Gasteiger charge is 1.99. The normalized spacial score (nSPS) is 9.75. The van der Waals surface area contributed by atoms with Gasteiger partial charge in [0.05, 0.1) is 30.2 Å². The molecule has 0 aliphatic heterocycles. The molecule has 0 radical (unpaired) electrons. The minimum absolute atomic E-state index is 0.700. The van der Waals surface area contributed by atoms with E-state index in [1.807, 2.05) is 25.1 Å². The summed E-state index contributed by atoms with van der Waals surface area (Å²) >= 11 is 0. The minimum atomic E-state index is 0.700. The van der Waals surface area contributed by atoms with Crippen LogP contribution in [0, 0.1) is 18.3 Å². The Morgan fingerprint density at radius 3 is 3.00 bits per heavy atom. The maximum absolute atomic E-state index is 8.81. The summed E-state index contributed by atoms with van der Waals surface area (Å²) in [6, 6.07) is 7.84. The molecular formula is C12H12N4. The van der Waals surface area contributed by atoms with E-state index in [4.69, 9.17) is 5.26 Å². The molecule has 2 N–H and O–H groups in total. The van der Waals surface area contributed by atoms with Crippen LogP contribution in [-0.4, -0.2) is 9.97 Å². The number of nitrogens with zero attached hydrogens (tertiary/aromatic N) is 2. The number of imidazole rings is 1. The molecule has 4 nitrogen and oxygen atoms in total. The van der Waals surface area contributed by atoms with Gasteiger partial charge in [-0.25, -0.2) is 4.98 Å². The molecule has 2 aromatic rings. The molecule has 0 saturated heterocycles. The summed E-state index contributed by atoms with van der Waals surface area (Å²) < 4.78 is 0. The molecule has 0 unspecified atom stereocenters. The monoisotopic (exact) mass is 212 g/mol. The number of aryl methyl sites for hydroxylation is 1. The number of hydrogen-bond acceptors (Lipinski definition) is 3. The Labute approximate surface area is 94.0 Å². The molecule has 0 fully saturated rings. The van der Waals surface area contributed by atoms with Crippen molar-refractivity contribution in [3.8, 4) is 6.07 Å². The first-order valence-electron chi connectivity index (χ1n) is 5.01. The van der Waals surface area contributed by atoms with Crippen LogP contribution in [0.15, 0.2) is 30.7 Å². The van der Waals surface area contributed by atoms with Gasteiger partial charge >= 0.3 is 0 Å². The average molecular weight is 212 g/mol. The number of aromatic amines is 1. The van der Waals surface area contributed by atoms with E-state index in [0.717, 1.165) is 16.9 Å². The first-order valence-corrected chi connectivity index (χ1v) is 5.01. The van der Waals surface area contributed by atoms with Crippen LogP contribution in [0.5, 0.6) is 0 Å². The zero-order valence-electron chi connectivity index (χ0n) is 8.99. The van der Waals surface area contributed by atoms with Crippen LogP contribution in [0.2, 0.25) is 0 Å². The molecular weight excluding hydrogens is 200 g/mol. The molecule has 0 aliphatic carbocycles. The van der Waals surface area contributed by atoms with Crippen molar-refractivity contribution in [3.05, 3.63) is 47.5 Å². The van der Waals surface area contributed by atoms with E-state index in [1.165, 1.54) is 0 Å². The smallest absolute Gasteiger partial charge is 0.0994 e. The lowest BCUT2D eigenvalue weighted by Crippen LogP contribution is -2.00. The number of rotatable bonds is 3. The second-order valence-electron chi connectivity index (χ2n) is 3.57. The third-order valence-electron chi connectivity index (χ3n) is 2.38. The summed E-state index contributed by atoms with van der Waals surface area (Å²) in [4.78, 5) is 6.96. The number of nitriles is 1. The Kier molecular flexibility index (Phi) is 2.88. The van der Waals surface area contributed by atoms with E-state index in [2.05, 4.69) is 21.4 Å². The number of hydrogen-bond donors (Lipinski definition) is 2. The van der Waals surface area contributed by atoms with Gasteiger partial charge in [-0.2, -0.15) is 5.26 Å². The Morgan fingerprint density at radius 1 is 1.50 bits per heavy atom. The highest BCUT2D eigenvalue weighted by atomic mass is 14.9. The molecule has 1 aromatic carbocycles. The van der Waals surface area contributed by atoms with Crippen molar-refractivity contribution >= 4 is 5.69 Å². The molecule has 1 aromatic heterocycles. The Hall–Kier alpha value is -2.28. The lowest BCUT2D eigenvalue weighted by atomic mass is 10.1. The van der Waals surface area contributed by atoms with Crippen LogP contribution in [-0.2, 0) is 6.54 Å². The molecule has 0 bridgehead atoms. The van der Waals surface area contributed by atoms with Crippen molar-refractivity contribution in [2.45, 2.75) is 13.5 Å². The van der Waals surface area contributed by atoms with Crippen molar-refractivity contribution in [1.29, 1.82) is 5.26 Å². The highest BCUT2D eigenvalue weighted by molar-refractivity contribution is 5.51. The van der Waals surface area contributed by atoms with E-state index in [1.54, 1.807) is 12.5 Å². The van der Waals surface area contributed by atoms with Crippen LogP contribution in [0.1, 0.15) is 16.8 Å². The fourth-order valence-corrected chi connectivity index (χ4v) is 1.48. The number of benzene rings is 1. The predicted octanol–water partition coefficient (Wildman–Crippen LogP) is 2.20. The summed E-state index contributed by atoms with van der Waals surface area (Å²) in [6.07, 6.45) is 3.44. The van der Waals surface area contributed by atoms with Crippen molar-refractivity contribution in [2.75, 3.05) is 5.32 Å². The Balaban J connectivity index is 2.06. The van der Waals surface area contributed by atoms with Gasteiger partial charge in [-0.1, -0.05) is 0 Å². The van der Waals surface area contributed by atoms with E-state index >= 15 is 0 Å². The topological polar surface area (TPSA) is 64.5 Å². The minimum Gasteiger partial charge on any atom is -0.379 e. The predicted molar refractivity (Wildman–Crippen MR) is 61.8 cm³/mol. The van der Waals surface area contributed by atoms with Gasteiger partial charge in [0.2, 0.25) is 0 Å². The van der Waals surface area contributed by atoms with Gasteiger partial charge in [0, 0.05) is 11.9 Å². The maximum atomic E-state index is 8.81. The molecule has 2 rings (SSSR count). The second-order valence-corrected chi connectivity index (χ2v) is 3.57. The highest BCUT2D eigenvalue weighted by Crippen LogP contribution is 2.14. The summed E-state index contributed by atoms with van der Waals surface area (Å²) in [7, 11) is 0. The molecule has 4 heteroatoms. The number of aromatic nitrogens is 2. The van der Waals surface area contributed by atoms with Gasteiger partial charge in [0.1, 0.15) is 0 Å². The van der Waals surface area contributed by atoms with Crippen LogP contribution >= 0.6 is 0 Å². The zero-order chi connectivity index (χ0) is 11.4. The molecule has 0 spiro atoms. The lowest BCUT2D eigenvalue weighted by Gasteiger charge is -2.06. The van der Waals surface area contributed by atoms with Crippen molar-refractivity contribution in [2.24, 2.45) is 0 Å². The molecule has 0 aliphatic rings. The van der Waals surface area contributed by atoms with Gasteiger partial charge in [-0.3, -0.25) is 0 Å². The van der Waals surface area contributed by atoms with Crippen molar-refractivity contribution in [1.82, 2.24) is 9.97 Å². The first kappa shape index (κ1) is 10.2. The van der Waals surface area contributed by atoms with Gasteiger partial charge in [0.15, 0.2) is 0 Å². The first-order chi connectivity index (χ1) is 7.79. The van der Waals surface area contributed by atoms with Crippen LogP contribution in [0.25, 0.3) is 0 Å². The zero-order valence-corrected chi connectivity index (χ0v) is 8.99. The van der Waals surface area contributed by atoms with Crippen LogP contribution < -0.4 is 5.32 Å². The third-order valence-corrected chi connectivity index (χ3v) is 2.38. The van der Waals surface area contributed by atoms with Gasteiger partial charge < -0.3 is 10.3 Å². The fraction of sp³-hybridized carbons (Fsp3) is 0.167. The number of anilines is 1. The van der Waals surface area contributed by atoms with Crippen molar-refractivity contribution < 1.29 is 0 Å². The van der Waals surface area contributed by atoms with Crippen LogP contribution in [0.3, 0.4) is 0 Å². The third kappa shape index (κ3) is 2.20. The van der Waals surface area contributed by atoms with Crippen molar-refractivity contribution in [3.63, 3.8) is 0 Å². The van der Waals surface area contributed by atoms with E-state index in [0.29, 0.717) is 12.1 Å². The molecule has 0 amide bonds. The number of nitrogens with one attached hydrogen (secondary N) is 2. The van der Waals surface area contributed by atoms with Gasteiger partial charge in [0.25, 0.3) is 0 Å². The maximum Gasteiger partial charge on any atom is 0.0994 e. The van der Waals surface area contributed by atoms with Crippen LogP contribution in [0.4, 0.5) is 5.69 Å². The quantitative estimate of drug-likeness (QED) is 0.819. The van der Waals surface area contributed by atoms with Gasteiger partial charge in [-0.05, 0) is 30.7 Å². The summed E-state index contributed by atoms with van der Waals surface area (Å²) in [6.45, 7) is 2.63. The van der Waals surface area contributed by atoms with E-state index in [9.17, 15) is 0 Å². The molecule has 0 atom stereocenters. The molecule has 80 valence electrons. The largest absolute Gasteiger partial charge is 0.379 e. The summed E-state index contributed by atoms with van der Waals surface area (Å²) in [5.74, 6) is 0. The molecule has 1 heterocycles. The SMILES string of the molecule is Cc1cc(NCc2cnc[nH]2)ccc1C#N. The van der Waals surface area contributed by atoms with Gasteiger partial charge in [-0.15, -0.1) is 0 Å². The lowest BCUT2D eigenvalue weighted by molar-refractivity contribution is 1.07. The Morgan fingerprint density at radius 2 is 2.38 bits per heavy atom. The number of H-pyrrole nitrogens is 1. The Bertz CT molecular complexity index is 508. The molecule has 16 heavy (non-hydrogen) atoms. The van der Waals surface area contributed by atoms with E-state index < -0.39 is 0 Å². The molecule has 0 saturated carbocycles.